The van der Waals surface area contributed by atoms with Gasteiger partial charge in [0.05, 0.1) is 5.75 Å². The Bertz CT molecular complexity index is 1030. The Morgan fingerprint density at radius 1 is 1.38 bits per heavy atom. The van der Waals surface area contributed by atoms with Gasteiger partial charge in [-0.1, -0.05) is 31.3 Å². The summed E-state index contributed by atoms with van der Waals surface area (Å²) in [6.07, 6.45) is -1.82. The minimum absolute atomic E-state index is 0.0361. The summed E-state index contributed by atoms with van der Waals surface area (Å²) in [6, 6.07) is 3.10. The number of benzene rings is 1. The van der Waals surface area contributed by atoms with E-state index >= 15 is 4.39 Å². The van der Waals surface area contributed by atoms with Crippen molar-refractivity contribution in [1.82, 2.24) is 4.31 Å². The van der Waals surface area contributed by atoms with Gasteiger partial charge < -0.3 is 11.1 Å². The van der Waals surface area contributed by atoms with E-state index in [9.17, 15) is 17.4 Å². The van der Waals surface area contributed by atoms with Crippen LogP contribution in [0.25, 0.3) is 0 Å². The third kappa shape index (κ3) is 5.74. The van der Waals surface area contributed by atoms with Crippen molar-refractivity contribution in [3.05, 3.63) is 52.4 Å². The number of nitrogens with one attached hydrogen (secondary N) is 1. The molecular formula is C21H26F4N4OS2. The standard InChI is InChI=1S/C21H26F4N4OS2/c1-6-14-9-15(27-18(31)12(2)7-8-13(3)21(23,24)25)10-16(17(14)22)20(4)11-32(30)29(5)19(26)28-20/h7-10H,6,11H2,1-5H3,(H2,26,28)(H,27,31). The lowest BCUT2D eigenvalue weighted by Gasteiger charge is -2.34. The first kappa shape index (κ1) is 26.0. The minimum Gasteiger partial charge on any atom is -0.369 e. The molecule has 0 saturated heterocycles. The number of hydrogen-bond donors (Lipinski definition) is 2. The van der Waals surface area contributed by atoms with Gasteiger partial charge in [0.25, 0.3) is 0 Å². The van der Waals surface area contributed by atoms with Crippen molar-refractivity contribution >= 4 is 39.8 Å². The summed E-state index contributed by atoms with van der Waals surface area (Å²) in [5.74, 6) is -0.395. The molecule has 2 unspecified atom stereocenters. The van der Waals surface area contributed by atoms with Crippen molar-refractivity contribution in [3.63, 3.8) is 0 Å². The second kappa shape index (κ2) is 9.70. The summed E-state index contributed by atoms with van der Waals surface area (Å²) in [5.41, 5.74) is 5.42. The predicted octanol–water partition coefficient (Wildman–Crippen LogP) is 4.72. The number of guanidine groups is 1. The highest BCUT2D eigenvalue weighted by molar-refractivity contribution is 7.83. The second-order valence-corrected chi connectivity index (χ2v) is 9.60. The average Bonchev–Trinajstić information content (AvgIpc) is 2.69. The van der Waals surface area contributed by atoms with Crippen molar-refractivity contribution in [1.29, 1.82) is 0 Å². The highest BCUT2D eigenvalue weighted by Crippen LogP contribution is 2.35. The third-order valence-electron chi connectivity index (χ3n) is 5.15. The maximum Gasteiger partial charge on any atom is 0.412 e. The fourth-order valence-corrected chi connectivity index (χ4v) is 4.32. The van der Waals surface area contributed by atoms with Crippen LogP contribution in [-0.4, -0.2) is 38.4 Å². The minimum atomic E-state index is -4.42. The van der Waals surface area contributed by atoms with Crippen molar-refractivity contribution in [2.24, 2.45) is 10.7 Å². The number of thiocarbonyl (C=S) groups is 1. The summed E-state index contributed by atoms with van der Waals surface area (Å²) in [6.45, 7) is 5.99. The zero-order chi connectivity index (χ0) is 24.4. The zero-order valence-electron chi connectivity index (χ0n) is 18.4. The molecule has 32 heavy (non-hydrogen) atoms. The fourth-order valence-electron chi connectivity index (χ4n) is 2.99. The van der Waals surface area contributed by atoms with Crippen LogP contribution in [0.3, 0.4) is 0 Å². The lowest BCUT2D eigenvalue weighted by atomic mass is 9.91. The monoisotopic (exact) mass is 490 g/mol. The summed E-state index contributed by atoms with van der Waals surface area (Å²) in [4.78, 5) is 4.57. The molecule has 176 valence electrons. The molecule has 11 heteroatoms. The number of rotatable bonds is 5. The van der Waals surface area contributed by atoms with Crippen LogP contribution in [0.2, 0.25) is 0 Å². The zero-order valence-corrected chi connectivity index (χ0v) is 20.1. The normalized spacial score (nSPS) is 22.6. The van der Waals surface area contributed by atoms with E-state index in [1.807, 2.05) is 0 Å². The summed E-state index contributed by atoms with van der Waals surface area (Å²) >= 11 is 5.31. The fraction of sp³-hybridized carbons (Fsp3) is 0.429. The Morgan fingerprint density at radius 3 is 2.53 bits per heavy atom. The Labute approximate surface area is 193 Å². The second-order valence-electron chi connectivity index (χ2n) is 7.71. The Hall–Kier alpha value is -2.27. The van der Waals surface area contributed by atoms with Crippen LogP contribution in [0.1, 0.15) is 38.8 Å². The van der Waals surface area contributed by atoms with Crippen LogP contribution < -0.4 is 11.1 Å². The molecule has 1 aromatic carbocycles. The molecule has 0 fully saturated rings. The number of aliphatic imine (C=N–C) groups is 1. The molecule has 0 radical (unpaired) electrons. The lowest BCUT2D eigenvalue weighted by Crippen LogP contribution is -2.47. The van der Waals surface area contributed by atoms with Crippen molar-refractivity contribution in [3.8, 4) is 0 Å². The molecule has 1 heterocycles. The highest BCUT2D eigenvalue weighted by Gasteiger charge is 2.38. The SMILES string of the molecule is CCc1cc(NC(=S)C(C)=CC=C(C)C(F)(F)F)cc(C2(C)CS(=O)N(C)C(N)=N2)c1F. The van der Waals surface area contributed by atoms with E-state index in [-0.39, 0.29) is 22.3 Å². The van der Waals surface area contributed by atoms with Crippen LogP contribution in [0.15, 0.2) is 40.4 Å². The van der Waals surface area contributed by atoms with Gasteiger partial charge in [-0.25, -0.2) is 13.6 Å². The summed E-state index contributed by atoms with van der Waals surface area (Å²) in [7, 11) is 0.0605. The average molecular weight is 491 g/mol. The third-order valence-corrected chi connectivity index (χ3v) is 7.18. The molecule has 3 N–H and O–H groups in total. The van der Waals surface area contributed by atoms with Gasteiger partial charge in [0.2, 0.25) is 5.96 Å². The molecule has 2 rings (SSSR count). The number of anilines is 1. The maximum atomic E-state index is 15.2. The smallest absolute Gasteiger partial charge is 0.369 e. The van der Waals surface area contributed by atoms with Gasteiger partial charge in [-0.2, -0.15) is 13.2 Å². The Morgan fingerprint density at radius 2 is 2.00 bits per heavy atom. The molecule has 1 aromatic rings. The number of halogens is 4. The van der Waals surface area contributed by atoms with Gasteiger partial charge in [0, 0.05) is 23.9 Å². The quantitative estimate of drug-likeness (QED) is 0.271. The maximum absolute atomic E-state index is 15.2. The van der Waals surface area contributed by atoms with Crippen molar-refractivity contribution < 1.29 is 21.8 Å². The number of alkyl halides is 3. The van der Waals surface area contributed by atoms with Crippen LogP contribution in [-0.2, 0) is 22.9 Å². The van der Waals surface area contributed by atoms with Gasteiger partial charge in [-0.3, -0.25) is 4.31 Å². The first-order chi connectivity index (χ1) is 14.7. The van der Waals surface area contributed by atoms with Crippen molar-refractivity contribution in [2.75, 3.05) is 18.1 Å². The number of nitrogens with zero attached hydrogens (tertiary/aromatic N) is 2. The molecule has 1 aliphatic rings. The van der Waals surface area contributed by atoms with E-state index in [0.717, 1.165) is 13.0 Å². The van der Waals surface area contributed by atoms with Crippen molar-refractivity contribution in [2.45, 2.75) is 45.8 Å². The van der Waals surface area contributed by atoms with Gasteiger partial charge in [0.1, 0.15) is 27.3 Å². The molecule has 0 saturated carbocycles. The first-order valence-corrected chi connectivity index (χ1v) is 11.4. The number of nitrogens with two attached hydrogens (primary N) is 1. The van der Waals surface area contributed by atoms with E-state index in [0.29, 0.717) is 23.2 Å². The van der Waals surface area contributed by atoms with E-state index in [1.165, 1.54) is 16.4 Å². The molecule has 0 amide bonds. The molecule has 0 aromatic heterocycles. The first-order valence-electron chi connectivity index (χ1n) is 9.73. The predicted molar refractivity (Wildman–Crippen MR) is 125 cm³/mol. The van der Waals surface area contributed by atoms with Crippen LogP contribution in [0.4, 0.5) is 23.2 Å². The molecular weight excluding hydrogens is 464 g/mol. The van der Waals surface area contributed by atoms with Gasteiger partial charge in [-0.05, 0) is 50.5 Å². The van der Waals surface area contributed by atoms with Crippen LogP contribution in [0.5, 0.6) is 0 Å². The van der Waals surface area contributed by atoms with Gasteiger partial charge in [0.15, 0.2) is 0 Å². The van der Waals surface area contributed by atoms with Crippen LogP contribution >= 0.6 is 12.2 Å². The molecule has 0 aliphatic carbocycles. The van der Waals surface area contributed by atoms with Crippen LogP contribution in [0, 0.1) is 5.82 Å². The number of hydrogen-bond acceptors (Lipinski definition) is 4. The summed E-state index contributed by atoms with van der Waals surface area (Å²) in [5, 5.41) is 2.95. The largest absolute Gasteiger partial charge is 0.412 e. The summed E-state index contributed by atoms with van der Waals surface area (Å²) < 4.78 is 67.0. The molecule has 1 aliphatic heterocycles. The molecule has 5 nitrogen and oxygen atoms in total. The van der Waals surface area contributed by atoms with Gasteiger partial charge in [-0.15, -0.1) is 0 Å². The van der Waals surface area contributed by atoms with E-state index in [4.69, 9.17) is 18.0 Å². The molecule has 0 spiro atoms. The Balaban J connectivity index is 2.43. The van der Waals surface area contributed by atoms with E-state index in [1.54, 1.807) is 33.9 Å². The number of allylic oxidation sites excluding steroid dienone is 3. The Kier molecular flexibility index (Phi) is 7.87. The number of aryl methyl sites for hydroxylation is 1. The van der Waals surface area contributed by atoms with Gasteiger partial charge >= 0.3 is 6.18 Å². The topological polar surface area (TPSA) is 70.7 Å². The molecule has 0 bridgehead atoms. The lowest BCUT2D eigenvalue weighted by molar-refractivity contribution is -0.0913. The van der Waals surface area contributed by atoms with E-state index in [2.05, 4.69) is 10.3 Å². The van der Waals surface area contributed by atoms with E-state index < -0.39 is 34.1 Å². The highest BCUT2D eigenvalue weighted by atomic mass is 32.2. The molecule has 2 atom stereocenters.